The van der Waals surface area contributed by atoms with Crippen molar-refractivity contribution in [1.82, 2.24) is 5.48 Å². The lowest BCUT2D eigenvalue weighted by atomic mass is 10.1. The lowest BCUT2D eigenvalue weighted by Crippen LogP contribution is -2.03. The van der Waals surface area contributed by atoms with Crippen molar-refractivity contribution < 1.29 is 4.84 Å². The van der Waals surface area contributed by atoms with Gasteiger partial charge in [-0.05, 0) is 44.6 Å². The molecule has 0 radical (unpaired) electrons. The van der Waals surface area contributed by atoms with Crippen LogP contribution in [-0.2, 0) is 4.84 Å². The highest BCUT2D eigenvalue weighted by Gasteiger charge is 2.18. The van der Waals surface area contributed by atoms with E-state index >= 15 is 0 Å². The molecule has 1 aliphatic heterocycles. The standard InChI is InChI=1S/C13H10BrNOS/c14-13-7-11(16-15-13)12-6-10(8-17-12)9-4-2-1-3-5-9/h1-8,11,15H/t11-/m0/s1. The summed E-state index contributed by atoms with van der Waals surface area (Å²) in [6.45, 7) is 0. The van der Waals surface area contributed by atoms with Gasteiger partial charge in [0.1, 0.15) is 10.7 Å². The molecule has 0 fully saturated rings. The fraction of sp³-hybridized carbons (Fsp3) is 0.0769. The third-order valence-corrected chi connectivity index (χ3v) is 4.01. The molecule has 0 aliphatic carbocycles. The maximum Gasteiger partial charge on any atom is 0.141 e. The maximum absolute atomic E-state index is 5.42. The molecule has 2 heterocycles. The van der Waals surface area contributed by atoms with Gasteiger partial charge in [0.2, 0.25) is 0 Å². The second kappa shape index (κ2) is 4.64. The minimum absolute atomic E-state index is 0.00633. The van der Waals surface area contributed by atoms with Crippen LogP contribution in [0.5, 0.6) is 0 Å². The predicted molar refractivity (Wildman–Crippen MR) is 73.7 cm³/mol. The van der Waals surface area contributed by atoms with Gasteiger partial charge in [-0.25, -0.2) is 0 Å². The Morgan fingerprint density at radius 1 is 1.18 bits per heavy atom. The second-order valence-electron chi connectivity index (χ2n) is 3.76. The molecule has 0 saturated heterocycles. The van der Waals surface area contributed by atoms with Gasteiger partial charge in [0.05, 0.1) is 0 Å². The summed E-state index contributed by atoms with van der Waals surface area (Å²) in [7, 11) is 0. The molecule has 3 rings (SSSR count). The van der Waals surface area contributed by atoms with Crippen LogP contribution < -0.4 is 5.48 Å². The van der Waals surface area contributed by atoms with Gasteiger partial charge in [-0.1, -0.05) is 30.3 Å². The van der Waals surface area contributed by atoms with E-state index in [0.29, 0.717) is 0 Å². The first-order valence-corrected chi connectivity index (χ1v) is 6.93. The molecule has 0 amide bonds. The molecule has 1 aromatic carbocycles. The summed E-state index contributed by atoms with van der Waals surface area (Å²) < 4.78 is 0.886. The van der Waals surface area contributed by atoms with Crippen LogP contribution in [0.4, 0.5) is 0 Å². The number of thiophene rings is 1. The van der Waals surface area contributed by atoms with Gasteiger partial charge in [0.25, 0.3) is 0 Å². The SMILES string of the molecule is BrC1=C[C@@H](c2cc(-c3ccccc3)cs2)ON1. The van der Waals surface area contributed by atoms with Gasteiger partial charge in [0, 0.05) is 4.88 Å². The quantitative estimate of drug-likeness (QED) is 0.838. The Bertz CT molecular complexity index is 550. The van der Waals surface area contributed by atoms with Crippen molar-refractivity contribution >= 4 is 27.3 Å². The van der Waals surface area contributed by atoms with Crippen LogP contribution in [0.3, 0.4) is 0 Å². The number of rotatable bonds is 2. The van der Waals surface area contributed by atoms with Crippen molar-refractivity contribution in [1.29, 1.82) is 0 Å². The highest BCUT2D eigenvalue weighted by molar-refractivity contribution is 9.11. The van der Waals surface area contributed by atoms with Crippen LogP contribution in [0.15, 0.2) is 52.5 Å². The molecule has 0 spiro atoms. The number of benzene rings is 1. The zero-order chi connectivity index (χ0) is 11.7. The number of halogens is 1. The van der Waals surface area contributed by atoms with Gasteiger partial charge < -0.3 is 0 Å². The van der Waals surface area contributed by atoms with Crippen LogP contribution in [0.2, 0.25) is 0 Å². The molecule has 0 unspecified atom stereocenters. The summed E-state index contributed by atoms with van der Waals surface area (Å²) in [5, 5.41) is 2.16. The summed E-state index contributed by atoms with van der Waals surface area (Å²) in [4.78, 5) is 6.62. The summed E-state index contributed by atoms with van der Waals surface area (Å²) in [6.07, 6.45) is 2.02. The summed E-state index contributed by atoms with van der Waals surface area (Å²) in [6, 6.07) is 12.5. The fourth-order valence-electron chi connectivity index (χ4n) is 1.74. The Morgan fingerprint density at radius 3 is 2.71 bits per heavy atom. The summed E-state index contributed by atoms with van der Waals surface area (Å²) in [5.74, 6) is 0. The van der Waals surface area contributed by atoms with E-state index in [1.165, 1.54) is 16.0 Å². The maximum atomic E-state index is 5.42. The fourth-order valence-corrected chi connectivity index (χ4v) is 2.99. The summed E-state index contributed by atoms with van der Waals surface area (Å²) in [5.41, 5.74) is 5.28. The Labute approximate surface area is 112 Å². The third kappa shape index (κ3) is 2.29. The Balaban J connectivity index is 1.89. The molecule has 17 heavy (non-hydrogen) atoms. The van der Waals surface area contributed by atoms with Crippen molar-refractivity contribution in [3.8, 4) is 11.1 Å². The normalized spacial score (nSPS) is 18.9. The highest BCUT2D eigenvalue weighted by atomic mass is 79.9. The van der Waals surface area contributed by atoms with Crippen molar-refractivity contribution in [3.05, 3.63) is 57.3 Å². The number of hydroxylamine groups is 1. The summed E-state index contributed by atoms with van der Waals surface area (Å²) >= 11 is 5.07. The number of hydrogen-bond acceptors (Lipinski definition) is 3. The van der Waals surface area contributed by atoms with E-state index in [0.717, 1.165) is 4.61 Å². The van der Waals surface area contributed by atoms with Crippen LogP contribution >= 0.6 is 27.3 Å². The largest absolute Gasteiger partial charge is 0.262 e. The topological polar surface area (TPSA) is 21.3 Å². The van der Waals surface area contributed by atoms with E-state index in [1.807, 2.05) is 12.1 Å². The second-order valence-corrected chi connectivity index (χ2v) is 5.56. The molecule has 2 aromatic rings. The molecule has 1 aliphatic rings. The van der Waals surface area contributed by atoms with Crippen molar-refractivity contribution in [3.63, 3.8) is 0 Å². The van der Waals surface area contributed by atoms with Gasteiger partial charge in [-0.3, -0.25) is 10.3 Å². The van der Waals surface area contributed by atoms with Crippen LogP contribution in [0.1, 0.15) is 11.0 Å². The van der Waals surface area contributed by atoms with E-state index in [2.05, 4.69) is 57.1 Å². The molecule has 1 atom stereocenters. The zero-order valence-corrected chi connectivity index (χ0v) is 11.3. The van der Waals surface area contributed by atoms with Crippen molar-refractivity contribution in [2.24, 2.45) is 0 Å². The van der Waals surface area contributed by atoms with Crippen LogP contribution in [-0.4, -0.2) is 0 Å². The van der Waals surface area contributed by atoms with E-state index in [1.54, 1.807) is 11.3 Å². The van der Waals surface area contributed by atoms with E-state index in [4.69, 9.17) is 4.84 Å². The molecule has 0 saturated carbocycles. The van der Waals surface area contributed by atoms with Crippen LogP contribution in [0, 0.1) is 0 Å². The Kier molecular flexibility index (Phi) is 3.01. The minimum atomic E-state index is 0.00633. The molecule has 1 N–H and O–H groups in total. The zero-order valence-electron chi connectivity index (χ0n) is 8.89. The molecule has 4 heteroatoms. The van der Waals surface area contributed by atoms with E-state index in [9.17, 15) is 0 Å². The first-order valence-electron chi connectivity index (χ1n) is 5.26. The Morgan fingerprint density at radius 2 is 2.00 bits per heavy atom. The average Bonchev–Trinajstić information content (AvgIpc) is 2.98. The van der Waals surface area contributed by atoms with Crippen molar-refractivity contribution in [2.75, 3.05) is 0 Å². The molecule has 2 nitrogen and oxygen atoms in total. The van der Waals surface area contributed by atoms with Gasteiger partial charge >= 0.3 is 0 Å². The van der Waals surface area contributed by atoms with Gasteiger partial charge in [-0.2, -0.15) is 0 Å². The van der Waals surface area contributed by atoms with E-state index in [-0.39, 0.29) is 6.10 Å². The predicted octanol–water partition coefficient (Wildman–Crippen LogP) is 4.23. The number of hydrogen-bond donors (Lipinski definition) is 1. The van der Waals surface area contributed by atoms with E-state index < -0.39 is 0 Å². The molecule has 1 aromatic heterocycles. The highest BCUT2D eigenvalue weighted by Crippen LogP contribution is 2.34. The average molecular weight is 308 g/mol. The smallest absolute Gasteiger partial charge is 0.141 e. The van der Waals surface area contributed by atoms with Crippen molar-refractivity contribution in [2.45, 2.75) is 6.10 Å². The minimum Gasteiger partial charge on any atom is -0.262 e. The first-order chi connectivity index (χ1) is 8.33. The molecule has 86 valence electrons. The molecular weight excluding hydrogens is 298 g/mol. The Hall–Kier alpha value is -1.10. The van der Waals surface area contributed by atoms with Gasteiger partial charge in [0.15, 0.2) is 0 Å². The number of nitrogens with one attached hydrogen (secondary N) is 1. The first kappa shape index (κ1) is 11.0. The lowest BCUT2D eigenvalue weighted by Gasteiger charge is -2.03. The van der Waals surface area contributed by atoms with Gasteiger partial charge in [-0.15, -0.1) is 11.3 Å². The van der Waals surface area contributed by atoms with Crippen LogP contribution in [0.25, 0.3) is 11.1 Å². The third-order valence-electron chi connectivity index (χ3n) is 2.59. The lowest BCUT2D eigenvalue weighted by molar-refractivity contribution is 0.0478. The molecule has 0 bridgehead atoms. The monoisotopic (exact) mass is 307 g/mol. The molecular formula is C13H10BrNOS.